The average Bonchev–Trinajstić information content (AvgIpc) is 2.66. The zero-order valence-electron chi connectivity index (χ0n) is 13.5. The summed E-state index contributed by atoms with van der Waals surface area (Å²) in [7, 11) is 2.02. The maximum Gasteiger partial charge on any atom is 0.269 e. The summed E-state index contributed by atoms with van der Waals surface area (Å²) in [5, 5.41) is 10.9. The first-order valence-electron chi connectivity index (χ1n) is 7.54. The fourth-order valence-corrected chi connectivity index (χ4v) is 3.05. The summed E-state index contributed by atoms with van der Waals surface area (Å²) in [4.78, 5) is 10.5. The Morgan fingerprint density at radius 1 is 1.17 bits per heavy atom. The fourth-order valence-electron chi connectivity index (χ4n) is 3.05. The highest BCUT2D eigenvalue weighted by molar-refractivity contribution is 6.12. The Balaban J connectivity index is 2.19. The van der Waals surface area contributed by atoms with Gasteiger partial charge in [-0.2, -0.15) is 0 Å². The zero-order valence-corrected chi connectivity index (χ0v) is 13.5. The minimum absolute atomic E-state index is 0.0997. The topological polar surface area (TPSA) is 55.4 Å². The zero-order chi connectivity index (χ0) is 16.6. The molecule has 0 aliphatic carbocycles. The summed E-state index contributed by atoms with van der Waals surface area (Å²) in [5.74, 6) is 0.875. The Morgan fingerprint density at radius 2 is 1.87 bits per heavy atom. The van der Waals surface area contributed by atoms with Gasteiger partial charge in [0.05, 0.1) is 10.5 Å². The van der Waals surface area contributed by atoms with Crippen LogP contribution in [0.4, 0.5) is 5.69 Å². The Labute approximate surface area is 135 Å². The summed E-state index contributed by atoms with van der Waals surface area (Å²) in [6, 6.07) is 10.9. The van der Waals surface area contributed by atoms with Crippen LogP contribution in [0.15, 0.2) is 36.4 Å². The molecule has 0 saturated heterocycles. The van der Waals surface area contributed by atoms with Crippen molar-refractivity contribution in [2.75, 3.05) is 20.2 Å². The van der Waals surface area contributed by atoms with E-state index in [-0.39, 0.29) is 10.6 Å². The molecule has 5 nitrogen and oxygen atoms in total. The standard InChI is InChI=1S/C18H19N2O3/c1-12-10-13(2)17-16(11-12)23-9-8-19(3)18(17)14-4-6-15(7-5-14)20(21)22/h4-7,10-11H,8-9H2,1-3H3/q+1. The summed E-state index contributed by atoms with van der Waals surface area (Å²) in [6.45, 7) is 5.50. The predicted octanol–water partition coefficient (Wildman–Crippen LogP) is 3.08. The van der Waals surface area contributed by atoms with Crippen LogP contribution in [-0.4, -0.2) is 35.4 Å². The predicted molar refractivity (Wildman–Crippen MR) is 88.8 cm³/mol. The third-order valence-corrected chi connectivity index (χ3v) is 4.10. The van der Waals surface area contributed by atoms with E-state index in [1.54, 1.807) is 24.3 Å². The highest BCUT2D eigenvalue weighted by Crippen LogP contribution is 2.29. The Kier molecular flexibility index (Phi) is 3.86. The summed E-state index contributed by atoms with van der Waals surface area (Å²) in [5.41, 5.74) is 5.46. The fraction of sp³-hybridized carbons (Fsp3) is 0.278. The summed E-state index contributed by atoms with van der Waals surface area (Å²) < 4.78 is 8.07. The lowest BCUT2D eigenvalue weighted by Crippen LogP contribution is -2.21. The normalized spacial score (nSPS) is 14.0. The molecule has 0 fully saturated rings. The minimum atomic E-state index is -0.378. The third kappa shape index (κ3) is 2.82. The minimum Gasteiger partial charge on any atom is -0.486 e. The number of aryl methyl sites for hydroxylation is 2. The van der Waals surface area contributed by atoms with Crippen molar-refractivity contribution >= 4 is 11.4 Å². The van der Waals surface area contributed by atoms with Crippen molar-refractivity contribution in [1.29, 1.82) is 0 Å². The van der Waals surface area contributed by atoms with Crippen molar-refractivity contribution in [3.63, 3.8) is 0 Å². The molecule has 0 spiro atoms. The number of likely N-dealkylation sites (N-methyl/N-ethyl adjacent to an activating group) is 1. The van der Waals surface area contributed by atoms with Gasteiger partial charge in [-0.05, 0) is 43.2 Å². The van der Waals surface area contributed by atoms with Gasteiger partial charge < -0.3 is 4.74 Å². The summed E-state index contributed by atoms with van der Waals surface area (Å²) >= 11 is 0. The molecule has 0 radical (unpaired) electrons. The molecule has 2 aromatic carbocycles. The SMILES string of the molecule is Cc1cc(C)c2c(c1)OCC[N+](C)=C2c1ccc([N+](=O)[O-])cc1. The maximum atomic E-state index is 10.9. The van der Waals surface area contributed by atoms with E-state index in [1.807, 2.05) is 13.1 Å². The Hall–Kier alpha value is -2.69. The van der Waals surface area contributed by atoms with E-state index >= 15 is 0 Å². The highest BCUT2D eigenvalue weighted by atomic mass is 16.6. The number of nitrogens with zero attached hydrogens (tertiary/aromatic N) is 2. The smallest absolute Gasteiger partial charge is 0.269 e. The second-order valence-electron chi connectivity index (χ2n) is 5.88. The molecule has 0 aromatic heterocycles. The summed E-state index contributed by atoms with van der Waals surface area (Å²) in [6.07, 6.45) is 0. The van der Waals surface area contributed by atoms with Gasteiger partial charge in [0.15, 0.2) is 6.54 Å². The molecular weight excluding hydrogens is 292 g/mol. The van der Waals surface area contributed by atoms with Crippen LogP contribution < -0.4 is 4.74 Å². The molecule has 0 unspecified atom stereocenters. The molecule has 1 heterocycles. The van der Waals surface area contributed by atoms with Gasteiger partial charge in [0, 0.05) is 17.7 Å². The van der Waals surface area contributed by atoms with Gasteiger partial charge >= 0.3 is 0 Å². The first-order valence-corrected chi connectivity index (χ1v) is 7.54. The largest absolute Gasteiger partial charge is 0.486 e. The van der Waals surface area contributed by atoms with Crippen LogP contribution in [0.5, 0.6) is 5.75 Å². The molecule has 0 bridgehead atoms. The quantitative estimate of drug-likeness (QED) is 0.486. The van der Waals surface area contributed by atoms with E-state index in [9.17, 15) is 10.1 Å². The van der Waals surface area contributed by atoms with Crippen molar-refractivity contribution in [1.82, 2.24) is 0 Å². The number of hydrogen-bond acceptors (Lipinski definition) is 3. The number of nitro benzene ring substituents is 1. The maximum absolute atomic E-state index is 10.9. The molecule has 0 N–H and O–H groups in total. The number of hydrogen-bond donors (Lipinski definition) is 0. The number of benzene rings is 2. The first kappa shape index (κ1) is 15.2. The van der Waals surface area contributed by atoms with Crippen molar-refractivity contribution in [2.24, 2.45) is 0 Å². The molecular formula is C18H19N2O3+. The third-order valence-electron chi connectivity index (χ3n) is 4.10. The molecule has 0 amide bonds. The molecule has 0 saturated carbocycles. The van der Waals surface area contributed by atoms with Crippen LogP contribution in [0.25, 0.3) is 0 Å². The van der Waals surface area contributed by atoms with Crippen LogP contribution in [-0.2, 0) is 0 Å². The number of non-ortho nitro benzene ring substituents is 1. The van der Waals surface area contributed by atoms with E-state index in [2.05, 4.69) is 24.5 Å². The molecule has 1 aliphatic rings. The molecule has 3 rings (SSSR count). The van der Waals surface area contributed by atoms with Gasteiger partial charge in [0.2, 0.25) is 5.71 Å². The van der Waals surface area contributed by atoms with E-state index in [0.717, 1.165) is 40.3 Å². The van der Waals surface area contributed by atoms with Gasteiger partial charge in [-0.3, -0.25) is 10.1 Å². The molecule has 118 valence electrons. The van der Waals surface area contributed by atoms with E-state index in [0.29, 0.717) is 6.61 Å². The Morgan fingerprint density at radius 3 is 2.52 bits per heavy atom. The van der Waals surface area contributed by atoms with E-state index in [4.69, 9.17) is 4.74 Å². The Bertz CT molecular complexity index is 808. The van der Waals surface area contributed by atoms with Gasteiger partial charge in [-0.15, -0.1) is 0 Å². The van der Waals surface area contributed by atoms with Crippen molar-refractivity contribution in [3.05, 3.63) is 68.8 Å². The van der Waals surface area contributed by atoms with E-state index < -0.39 is 0 Å². The van der Waals surface area contributed by atoms with Crippen molar-refractivity contribution < 1.29 is 14.2 Å². The van der Waals surface area contributed by atoms with Crippen LogP contribution in [0.1, 0.15) is 22.3 Å². The highest BCUT2D eigenvalue weighted by Gasteiger charge is 2.26. The monoisotopic (exact) mass is 311 g/mol. The average molecular weight is 311 g/mol. The van der Waals surface area contributed by atoms with Crippen molar-refractivity contribution in [3.8, 4) is 5.75 Å². The lowest BCUT2D eigenvalue weighted by molar-refractivity contribution is -0.496. The van der Waals surface area contributed by atoms with Gasteiger partial charge in [-0.1, -0.05) is 6.07 Å². The van der Waals surface area contributed by atoms with Crippen LogP contribution in [0, 0.1) is 24.0 Å². The van der Waals surface area contributed by atoms with Crippen LogP contribution in [0.3, 0.4) is 0 Å². The van der Waals surface area contributed by atoms with E-state index in [1.165, 1.54) is 0 Å². The lowest BCUT2D eigenvalue weighted by atomic mass is 9.95. The molecule has 0 atom stereocenters. The van der Waals surface area contributed by atoms with Crippen molar-refractivity contribution in [2.45, 2.75) is 13.8 Å². The number of rotatable bonds is 2. The molecule has 23 heavy (non-hydrogen) atoms. The van der Waals surface area contributed by atoms with Crippen LogP contribution in [0.2, 0.25) is 0 Å². The molecule has 2 aromatic rings. The first-order chi connectivity index (χ1) is 11.0. The lowest BCUT2D eigenvalue weighted by Gasteiger charge is -2.11. The van der Waals surface area contributed by atoms with Gasteiger partial charge in [0.1, 0.15) is 19.4 Å². The number of fused-ring (bicyclic) bond motifs is 1. The van der Waals surface area contributed by atoms with Gasteiger partial charge in [-0.25, -0.2) is 4.58 Å². The second-order valence-corrected chi connectivity index (χ2v) is 5.88. The number of ether oxygens (including phenoxy) is 1. The second kappa shape index (κ2) is 5.83. The van der Waals surface area contributed by atoms with Crippen LogP contribution >= 0.6 is 0 Å². The van der Waals surface area contributed by atoms with Gasteiger partial charge in [0.25, 0.3) is 5.69 Å². The number of nitro groups is 1. The molecule has 5 heteroatoms. The molecule has 1 aliphatic heterocycles.